The van der Waals surface area contributed by atoms with Crippen molar-refractivity contribution in [1.82, 2.24) is 19.4 Å². The van der Waals surface area contributed by atoms with Gasteiger partial charge in [0.15, 0.2) is 5.13 Å². The van der Waals surface area contributed by atoms with Crippen LogP contribution < -0.4 is 5.73 Å². The van der Waals surface area contributed by atoms with E-state index in [0.29, 0.717) is 26.8 Å². The first kappa shape index (κ1) is 21.8. The molecule has 33 heavy (non-hydrogen) atoms. The van der Waals surface area contributed by atoms with E-state index in [1.165, 1.54) is 11.3 Å². The fourth-order valence-corrected chi connectivity index (χ4v) is 5.12. The number of thiazole rings is 1. The molecular weight excluding hydrogens is 456 g/mol. The van der Waals surface area contributed by atoms with Crippen molar-refractivity contribution in [3.8, 4) is 16.4 Å². The highest BCUT2D eigenvalue weighted by Gasteiger charge is 2.20. The van der Waals surface area contributed by atoms with Crippen molar-refractivity contribution in [2.24, 2.45) is 10.7 Å². The van der Waals surface area contributed by atoms with Gasteiger partial charge in [-0.1, -0.05) is 41.1 Å². The Balaban J connectivity index is 1.50. The average molecular weight is 479 g/mol. The molecule has 1 aliphatic heterocycles. The van der Waals surface area contributed by atoms with Gasteiger partial charge in [-0.25, -0.2) is 9.97 Å². The van der Waals surface area contributed by atoms with Crippen molar-refractivity contribution in [1.29, 1.82) is 0 Å². The van der Waals surface area contributed by atoms with Crippen LogP contribution >= 0.6 is 22.9 Å². The van der Waals surface area contributed by atoms with Crippen LogP contribution in [0.1, 0.15) is 28.1 Å². The number of aliphatic imine (C=N–C) groups is 1. The first-order valence-electron chi connectivity index (χ1n) is 10.7. The summed E-state index contributed by atoms with van der Waals surface area (Å²) in [4.78, 5) is 28.9. The van der Waals surface area contributed by atoms with E-state index in [9.17, 15) is 4.79 Å². The number of piperidine rings is 1. The number of rotatable bonds is 5. The molecule has 0 atom stereocenters. The second-order valence-corrected chi connectivity index (χ2v) is 9.64. The van der Waals surface area contributed by atoms with E-state index >= 15 is 0 Å². The van der Waals surface area contributed by atoms with E-state index in [4.69, 9.17) is 27.3 Å². The molecule has 1 fully saturated rings. The number of hydrogen-bond donors (Lipinski definition) is 1. The molecule has 0 spiro atoms. The molecule has 1 amide bonds. The quantitative estimate of drug-likeness (QED) is 0.430. The van der Waals surface area contributed by atoms with E-state index in [1.54, 1.807) is 18.5 Å². The van der Waals surface area contributed by atoms with Crippen LogP contribution in [0.15, 0.2) is 53.8 Å². The third-order valence-corrected chi connectivity index (χ3v) is 7.14. The van der Waals surface area contributed by atoms with Crippen molar-refractivity contribution in [3.63, 3.8) is 0 Å². The number of primary amides is 1. The molecule has 0 radical (unpaired) electrons. The van der Waals surface area contributed by atoms with Crippen molar-refractivity contribution in [3.05, 3.63) is 64.3 Å². The summed E-state index contributed by atoms with van der Waals surface area (Å²) in [5.41, 5.74) is 9.67. The fraction of sp³-hybridized carbons (Fsp3) is 0.250. The first-order chi connectivity index (χ1) is 16.0. The number of imidazole rings is 1. The molecule has 0 bridgehead atoms. The number of hydrogen-bond acceptors (Lipinski definition) is 6. The molecule has 5 rings (SSSR count). The summed E-state index contributed by atoms with van der Waals surface area (Å²) in [5, 5.41) is 1.18. The van der Waals surface area contributed by atoms with E-state index in [-0.39, 0.29) is 0 Å². The van der Waals surface area contributed by atoms with E-state index in [0.717, 1.165) is 48.1 Å². The van der Waals surface area contributed by atoms with Gasteiger partial charge in [-0.2, -0.15) is 0 Å². The van der Waals surface area contributed by atoms with Gasteiger partial charge < -0.3 is 10.6 Å². The maximum Gasteiger partial charge on any atom is 0.261 e. The largest absolute Gasteiger partial charge is 0.365 e. The molecule has 3 heterocycles. The van der Waals surface area contributed by atoms with Gasteiger partial charge in [0.1, 0.15) is 11.2 Å². The van der Waals surface area contributed by atoms with Crippen LogP contribution in [0.3, 0.4) is 0 Å². The number of amides is 1. The minimum absolute atomic E-state index is 0.360. The number of benzene rings is 2. The average Bonchev–Trinajstić information content (AvgIpc) is 3.43. The Morgan fingerprint density at radius 1 is 1.24 bits per heavy atom. The Kier molecular flexibility index (Phi) is 5.97. The molecule has 168 valence electrons. The number of nitrogens with zero attached hydrogens (tertiary/aromatic N) is 5. The number of aromatic nitrogens is 3. The monoisotopic (exact) mass is 478 g/mol. The summed E-state index contributed by atoms with van der Waals surface area (Å²) in [7, 11) is 2.15. The van der Waals surface area contributed by atoms with Crippen molar-refractivity contribution in [2.75, 3.05) is 20.1 Å². The zero-order valence-corrected chi connectivity index (χ0v) is 19.7. The highest BCUT2D eigenvalue weighted by Crippen LogP contribution is 2.32. The predicted molar refractivity (Wildman–Crippen MR) is 134 cm³/mol. The van der Waals surface area contributed by atoms with Crippen molar-refractivity contribution < 1.29 is 4.79 Å². The highest BCUT2D eigenvalue weighted by atomic mass is 35.5. The molecule has 0 aliphatic carbocycles. The van der Waals surface area contributed by atoms with Crippen LogP contribution in [-0.4, -0.2) is 57.7 Å². The third kappa shape index (κ3) is 4.55. The lowest BCUT2D eigenvalue weighted by atomic mass is 10.1. The molecule has 2 N–H and O–H groups in total. The summed E-state index contributed by atoms with van der Waals surface area (Å²) in [6, 6.07) is 13.6. The molecule has 9 heteroatoms. The number of carbonyl (C=O) groups is 1. The van der Waals surface area contributed by atoms with Crippen LogP contribution in [0.5, 0.6) is 0 Å². The summed E-state index contributed by atoms with van der Waals surface area (Å²) < 4.78 is 1.88. The molecular formula is C24H23ClN6OS. The summed E-state index contributed by atoms with van der Waals surface area (Å²) in [6.45, 7) is 2.16. The molecule has 2 aromatic carbocycles. The number of halogens is 1. The molecule has 1 saturated heterocycles. The lowest BCUT2D eigenvalue weighted by Crippen LogP contribution is -2.32. The lowest BCUT2D eigenvalue weighted by molar-refractivity contribution is 0.100. The number of fused-ring (bicyclic) bond motifs is 1. The maximum atomic E-state index is 12.2. The molecule has 1 aliphatic rings. The molecule has 7 nitrogen and oxygen atoms in total. The molecule has 0 saturated carbocycles. The fourth-order valence-electron chi connectivity index (χ4n) is 4.00. The summed E-state index contributed by atoms with van der Waals surface area (Å²) in [5.74, 6) is -0.524. The zero-order valence-electron chi connectivity index (χ0n) is 18.1. The Bertz CT molecular complexity index is 1350. The van der Waals surface area contributed by atoms with Gasteiger partial charge in [0.25, 0.3) is 5.91 Å². The summed E-state index contributed by atoms with van der Waals surface area (Å²) in [6.07, 6.45) is 5.82. The van der Waals surface area contributed by atoms with Crippen molar-refractivity contribution >= 4 is 46.1 Å². The smallest absolute Gasteiger partial charge is 0.261 e. The predicted octanol–water partition coefficient (Wildman–Crippen LogP) is 4.41. The first-order valence-corrected chi connectivity index (χ1v) is 11.9. The maximum absolute atomic E-state index is 12.2. The Morgan fingerprint density at radius 3 is 2.82 bits per heavy atom. The second-order valence-electron chi connectivity index (χ2n) is 8.22. The van der Waals surface area contributed by atoms with Gasteiger partial charge in [-0.3, -0.25) is 14.4 Å². The Morgan fingerprint density at radius 2 is 2.06 bits per heavy atom. The summed E-state index contributed by atoms with van der Waals surface area (Å²) >= 11 is 7.39. The Labute approximate surface area is 200 Å². The molecule has 2 aromatic heterocycles. The van der Waals surface area contributed by atoms with Gasteiger partial charge in [0.2, 0.25) is 0 Å². The third-order valence-electron chi connectivity index (χ3n) is 5.84. The SMILES string of the molecule is CN1CCC(/N=C\c2ccc3ncn(-c4nc(-c5cccc(Cl)c5)c(C(N)=O)s4)c3c2)CC1. The molecule has 0 unspecified atom stereocenters. The zero-order chi connectivity index (χ0) is 22.9. The topological polar surface area (TPSA) is 89.4 Å². The van der Waals surface area contributed by atoms with E-state index < -0.39 is 5.91 Å². The minimum Gasteiger partial charge on any atom is -0.365 e. The van der Waals surface area contributed by atoms with Crippen LogP contribution in [-0.2, 0) is 0 Å². The lowest BCUT2D eigenvalue weighted by Gasteiger charge is -2.26. The van der Waals surface area contributed by atoms with Gasteiger partial charge in [-0.05, 0) is 62.8 Å². The van der Waals surface area contributed by atoms with Crippen LogP contribution in [0.4, 0.5) is 0 Å². The highest BCUT2D eigenvalue weighted by molar-refractivity contribution is 7.16. The van der Waals surface area contributed by atoms with Crippen LogP contribution in [0.2, 0.25) is 5.02 Å². The Hall–Kier alpha value is -3.07. The molecule has 4 aromatic rings. The normalized spacial score (nSPS) is 15.6. The van der Waals surface area contributed by atoms with E-state index in [1.807, 2.05) is 41.1 Å². The minimum atomic E-state index is -0.524. The van der Waals surface area contributed by atoms with Crippen molar-refractivity contribution in [2.45, 2.75) is 18.9 Å². The van der Waals surface area contributed by atoms with Gasteiger partial charge in [-0.15, -0.1) is 0 Å². The van der Waals surface area contributed by atoms with Gasteiger partial charge >= 0.3 is 0 Å². The number of nitrogens with two attached hydrogens (primary N) is 1. The van der Waals surface area contributed by atoms with Gasteiger partial charge in [0, 0.05) is 16.8 Å². The van der Waals surface area contributed by atoms with Crippen LogP contribution in [0, 0.1) is 0 Å². The van der Waals surface area contributed by atoms with Crippen LogP contribution in [0.25, 0.3) is 27.4 Å². The standard InChI is InChI=1S/C24H23ClN6OS/c1-30-9-7-18(8-10-30)27-13-15-5-6-19-20(11-15)31(14-28-19)24-29-21(22(33-24)23(26)32)16-3-2-4-17(25)12-16/h2-6,11-14,18H,7-10H2,1H3,(H2,26,32)/b27-13-. The van der Waals surface area contributed by atoms with Gasteiger partial charge in [0.05, 0.1) is 22.8 Å². The van der Waals surface area contributed by atoms with E-state index in [2.05, 4.69) is 16.9 Å². The number of likely N-dealkylation sites (tertiary alicyclic amines) is 1. The number of carbonyl (C=O) groups excluding carboxylic acids is 1. The second kappa shape index (κ2) is 9.05.